The van der Waals surface area contributed by atoms with E-state index in [-0.39, 0.29) is 12.3 Å². The second kappa shape index (κ2) is 6.31. The molecule has 1 amide bonds. The first kappa shape index (κ1) is 15.3. The Balaban J connectivity index is 1.45. The SMILES string of the molecule is Cc1cc(NC(=O)Cc2cc(-c3ccc4c(c3)OCCO4)on2)no1. The number of fused-ring (bicyclic) bond motifs is 1. The van der Waals surface area contributed by atoms with E-state index >= 15 is 0 Å². The molecule has 128 valence electrons. The van der Waals surface area contributed by atoms with E-state index in [0.717, 1.165) is 5.56 Å². The molecule has 1 aliphatic rings. The zero-order valence-electron chi connectivity index (χ0n) is 13.4. The van der Waals surface area contributed by atoms with Gasteiger partial charge in [-0.1, -0.05) is 10.3 Å². The van der Waals surface area contributed by atoms with Crippen LogP contribution < -0.4 is 14.8 Å². The molecule has 0 radical (unpaired) electrons. The first-order valence-corrected chi connectivity index (χ1v) is 7.76. The van der Waals surface area contributed by atoms with Crippen LogP contribution in [0.4, 0.5) is 5.82 Å². The Hall–Kier alpha value is -3.29. The van der Waals surface area contributed by atoms with Crippen molar-refractivity contribution in [1.82, 2.24) is 10.3 Å². The molecule has 0 atom stereocenters. The average Bonchev–Trinajstić information content (AvgIpc) is 3.23. The highest BCUT2D eigenvalue weighted by molar-refractivity contribution is 5.91. The van der Waals surface area contributed by atoms with Crippen molar-refractivity contribution in [2.24, 2.45) is 0 Å². The van der Waals surface area contributed by atoms with Crippen molar-refractivity contribution in [2.75, 3.05) is 18.5 Å². The Bertz CT molecular complexity index is 915. The van der Waals surface area contributed by atoms with Crippen LogP contribution in [0.1, 0.15) is 11.5 Å². The third-order valence-corrected chi connectivity index (χ3v) is 3.62. The summed E-state index contributed by atoms with van der Waals surface area (Å²) in [6.07, 6.45) is 0.0694. The molecule has 0 spiro atoms. The number of aromatic nitrogens is 2. The maximum absolute atomic E-state index is 12.0. The molecule has 2 aromatic heterocycles. The molecule has 3 aromatic rings. The average molecular weight is 341 g/mol. The van der Waals surface area contributed by atoms with Crippen molar-refractivity contribution in [3.8, 4) is 22.8 Å². The number of anilines is 1. The van der Waals surface area contributed by atoms with Crippen molar-refractivity contribution in [2.45, 2.75) is 13.3 Å². The predicted octanol–water partition coefficient (Wildman–Crippen LogP) is 2.59. The van der Waals surface area contributed by atoms with E-state index < -0.39 is 0 Å². The van der Waals surface area contributed by atoms with Gasteiger partial charge in [-0.05, 0) is 25.1 Å². The number of nitrogens with one attached hydrogen (secondary N) is 1. The van der Waals surface area contributed by atoms with Crippen molar-refractivity contribution in [3.05, 3.63) is 41.8 Å². The van der Waals surface area contributed by atoms with E-state index in [4.69, 9.17) is 18.5 Å². The van der Waals surface area contributed by atoms with E-state index in [0.29, 0.717) is 47.7 Å². The number of carbonyl (C=O) groups is 1. The number of hydrogen-bond donors (Lipinski definition) is 1. The van der Waals surface area contributed by atoms with Gasteiger partial charge in [-0.3, -0.25) is 4.79 Å². The number of amides is 1. The number of hydrogen-bond acceptors (Lipinski definition) is 7. The second-order valence-electron chi connectivity index (χ2n) is 5.59. The van der Waals surface area contributed by atoms with Crippen LogP contribution in [0, 0.1) is 6.92 Å². The van der Waals surface area contributed by atoms with Crippen LogP contribution >= 0.6 is 0 Å². The van der Waals surface area contributed by atoms with Gasteiger partial charge >= 0.3 is 0 Å². The highest BCUT2D eigenvalue weighted by Crippen LogP contribution is 2.34. The summed E-state index contributed by atoms with van der Waals surface area (Å²) in [6, 6.07) is 8.87. The van der Waals surface area contributed by atoms with Crippen LogP contribution in [0.2, 0.25) is 0 Å². The topological polar surface area (TPSA) is 99.6 Å². The minimum Gasteiger partial charge on any atom is -0.486 e. The van der Waals surface area contributed by atoms with E-state index in [1.54, 1.807) is 19.1 Å². The zero-order valence-corrected chi connectivity index (χ0v) is 13.4. The standard InChI is InChI=1S/C17H15N3O5/c1-10-6-16(20-24-10)18-17(21)9-12-8-14(25-19-12)11-2-3-13-15(7-11)23-5-4-22-13/h2-3,6-8H,4-5,9H2,1H3,(H,18,20,21). The van der Waals surface area contributed by atoms with E-state index in [1.807, 2.05) is 18.2 Å². The van der Waals surface area contributed by atoms with E-state index in [9.17, 15) is 4.79 Å². The summed E-state index contributed by atoms with van der Waals surface area (Å²) in [5, 5.41) is 10.3. The fraction of sp³-hybridized carbons (Fsp3) is 0.235. The van der Waals surface area contributed by atoms with Gasteiger partial charge in [-0.15, -0.1) is 0 Å². The van der Waals surface area contributed by atoms with Gasteiger partial charge in [-0.2, -0.15) is 0 Å². The van der Waals surface area contributed by atoms with Crippen molar-refractivity contribution in [3.63, 3.8) is 0 Å². The molecule has 1 N–H and O–H groups in total. The molecule has 1 aliphatic heterocycles. The molecule has 3 heterocycles. The molecule has 0 bridgehead atoms. The smallest absolute Gasteiger partial charge is 0.231 e. The summed E-state index contributed by atoms with van der Waals surface area (Å²) in [6.45, 7) is 2.80. The van der Waals surface area contributed by atoms with Crippen LogP contribution in [0.5, 0.6) is 11.5 Å². The molecular weight excluding hydrogens is 326 g/mol. The van der Waals surface area contributed by atoms with Gasteiger partial charge in [0.2, 0.25) is 5.91 Å². The van der Waals surface area contributed by atoms with Crippen LogP contribution in [-0.4, -0.2) is 29.4 Å². The fourth-order valence-electron chi connectivity index (χ4n) is 2.50. The first-order valence-electron chi connectivity index (χ1n) is 7.76. The normalized spacial score (nSPS) is 12.8. The Morgan fingerprint density at radius 2 is 1.92 bits per heavy atom. The van der Waals surface area contributed by atoms with E-state index in [1.165, 1.54) is 0 Å². The molecule has 0 fully saturated rings. The molecule has 0 aliphatic carbocycles. The molecular formula is C17H15N3O5. The molecule has 0 unspecified atom stereocenters. The maximum atomic E-state index is 12.0. The van der Waals surface area contributed by atoms with Crippen molar-refractivity contribution < 1.29 is 23.3 Å². The predicted molar refractivity (Wildman–Crippen MR) is 86.5 cm³/mol. The van der Waals surface area contributed by atoms with Crippen LogP contribution in [0.15, 0.2) is 39.4 Å². The zero-order chi connectivity index (χ0) is 17.2. The lowest BCUT2D eigenvalue weighted by molar-refractivity contribution is -0.115. The number of nitrogens with zero attached hydrogens (tertiary/aromatic N) is 2. The number of carbonyl (C=O) groups excluding carboxylic acids is 1. The van der Waals surface area contributed by atoms with Crippen LogP contribution in [-0.2, 0) is 11.2 Å². The highest BCUT2D eigenvalue weighted by Gasteiger charge is 2.16. The third kappa shape index (κ3) is 3.32. The first-order chi connectivity index (χ1) is 12.2. The molecule has 8 nitrogen and oxygen atoms in total. The van der Waals surface area contributed by atoms with Crippen molar-refractivity contribution in [1.29, 1.82) is 0 Å². The lowest BCUT2D eigenvalue weighted by Gasteiger charge is -2.18. The highest BCUT2D eigenvalue weighted by atomic mass is 16.6. The Morgan fingerprint density at radius 3 is 2.72 bits per heavy atom. The lowest BCUT2D eigenvalue weighted by atomic mass is 10.1. The van der Waals surface area contributed by atoms with Crippen molar-refractivity contribution >= 4 is 11.7 Å². The summed E-state index contributed by atoms with van der Waals surface area (Å²) >= 11 is 0. The van der Waals surface area contributed by atoms with Gasteiger partial charge in [0.15, 0.2) is 23.1 Å². The number of aryl methyl sites for hydroxylation is 1. The number of ether oxygens (including phenoxy) is 2. The van der Waals surface area contributed by atoms with Crippen LogP contribution in [0.25, 0.3) is 11.3 Å². The minimum atomic E-state index is -0.254. The molecule has 1 aromatic carbocycles. The molecule has 0 saturated carbocycles. The molecule has 8 heteroatoms. The van der Waals surface area contributed by atoms with Gasteiger partial charge in [0.1, 0.15) is 19.0 Å². The van der Waals surface area contributed by atoms with Gasteiger partial charge in [-0.25, -0.2) is 0 Å². The number of rotatable bonds is 4. The lowest BCUT2D eigenvalue weighted by Crippen LogP contribution is -2.15. The largest absolute Gasteiger partial charge is 0.486 e. The summed E-state index contributed by atoms with van der Waals surface area (Å²) in [5.41, 5.74) is 1.32. The van der Waals surface area contributed by atoms with Gasteiger partial charge in [0.05, 0.1) is 12.1 Å². The second-order valence-corrected chi connectivity index (χ2v) is 5.59. The quantitative estimate of drug-likeness (QED) is 0.778. The van der Waals surface area contributed by atoms with Gasteiger partial charge in [0, 0.05) is 17.7 Å². The summed E-state index contributed by atoms with van der Waals surface area (Å²) in [7, 11) is 0. The third-order valence-electron chi connectivity index (χ3n) is 3.62. The van der Waals surface area contributed by atoms with Crippen LogP contribution in [0.3, 0.4) is 0 Å². The minimum absolute atomic E-state index is 0.0694. The maximum Gasteiger partial charge on any atom is 0.231 e. The Morgan fingerprint density at radius 1 is 1.08 bits per heavy atom. The summed E-state index contributed by atoms with van der Waals surface area (Å²) < 4.78 is 21.3. The fourth-order valence-corrected chi connectivity index (χ4v) is 2.50. The van der Waals surface area contributed by atoms with Gasteiger partial charge in [0.25, 0.3) is 0 Å². The molecule has 0 saturated heterocycles. The number of benzene rings is 1. The van der Waals surface area contributed by atoms with E-state index in [2.05, 4.69) is 15.6 Å². The summed E-state index contributed by atoms with van der Waals surface area (Å²) in [4.78, 5) is 12.0. The monoisotopic (exact) mass is 341 g/mol. The summed E-state index contributed by atoms with van der Waals surface area (Å²) in [5.74, 6) is 2.67. The van der Waals surface area contributed by atoms with Gasteiger partial charge < -0.3 is 23.8 Å². The molecule has 4 rings (SSSR count). The Kier molecular flexibility index (Phi) is 3.85. The molecule has 25 heavy (non-hydrogen) atoms. The Labute approximate surface area is 142 Å².